The normalized spacial score (nSPS) is 20.5. The molecule has 0 aromatic heterocycles. The molecule has 14 heavy (non-hydrogen) atoms. The van der Waals surface area contributed by atoms with Gasteiger partial charge in [-0.25, -0.2) is 0 Å². The molecule has 5 nitrogen and oxygen atoms in total. The van der Waals surface area contributed by atoms with Crippen LogP contribution in [0.25, 0.3) is 0 Å². The molecule has 1 aliphatic rings. The number of nitrogens with zero attached hydrogens (tertiary/aromatic N) is 2. The molecule has 0 radical (unpaired) electrons. The first-order chi connectivity index (χ1) is 6.63. The van der Waals surface area contributed by atoms with Crippen LogP contribution in [0.15, 0.2) is 0 Å². The van der Waals surface area contributed by atoms with Gasteiger partial charge in [0.05, 0.1) is 0 Å². The summed E-state index contributed by atoms with van der Waals surface area (Å²) in [6.45, 7) is 5.67. The van der Waals surface area contributed by atoms with Gasteiger partial charge in [0.25, 0.3) is 0 Å². The van der Waals surface area contributed by atoms with Gasteiger partial charge in [-0.05, 0) is 0 Å². The van der Waals surface area contributed by atoms with Crippen LogP contribution in [-0.4, -0.2) is 54.8 Å². The average molecular weight is 199 g/mol. The molecule has 1 saturated heterocycles. The second kappa shape index (κ2) is 4.95. The third-order valence-electron chi connectivity index (χ3n) is 2.57. The summed E-state index contributed by atoms with van der Waals surface area (Å²) in [4.78, 5) is 25.2. The number of amides is 2. The number of carbonyl (C=O) groups excluding carboxylic acids is 2. The fourth-order valence-corrected chi connectivity index (χ4v) is 1.53. The first-order valence-corrected chi connectivity index (χ1v) is 4.84. The summed E-state index contributed by atoms with van der Waals surface area (Å²) in [7, 11) is 0. The van der Waals surface area contributed by atoms with Gasteiger partial charge < -0.3 is 10.6 Å². The Kier molecular flexibility index (Phi) is 3.88. The maximum absolute atomic E-state index is 10.8. The predicted octanol–water partition coefficient (Wildman–Crippen LogP) is -1.12. The first-order valence-electron chi connectivity index (χ1n) is 4.84. The number of hydrogen-bond acceptors (Lipinski definition) is 3. The number of carbonyl (C=O) groups is 2. The highest BCUT2D eigenvalue weighted by atomic mass is 16.1. The third-order valence-corrected chi connectivity index (χ3v) is 2.57. The highest BCUT2D eigenvalue weighted by Crippen LogP contribution is 2.03. The molecule has 2 amide bonds. The van der Waals surface area contributed by atoms with Crippen LogP contribution in [0.3, 0.4) is 0 Å². The number of nitrogens with two attached hydrogens (primary N) is 1. The van der Waals surface area contributed by atoms with Crippen molar-refractivity contribution >= 4 is 12.3 Å². The maximum atomic E-state index is 10.8. The van der Waals surface area contributed by atoms with E-state index in [1.54, 1.807) is 4.90 Å². The minimum atomic E-state index is -0.261. The highest BCUT2D eigenvalue weighted by molar-refractivity contribution is 5.76. The lowest BCUT2D eigenvalue weighted by molar-refractivity contribution is -0.123. The fraction of sp³-hybridized carbons (Fsp3) is 0.778. The summed E-state index contributed by atoms with van der Waals surface area (Å²) in [6, 6.07) is 0. The van der Waals surface area contributed by atoms with Crippen molar-refractivity contribution in [2.24, 2.45) is 11.7 Å². The molecule has 2 N–H and O–H groups in total. The first kappa shape index (κ1) is 11.0. The lowest BCUT2D eigenvalue weighted by Crippen LogP contribution is -2.48. The summed E-state index contributed by atoms with van der Waals surface area (Å²) in [5.41, 5.74) is 5.17. The van der Waals surface area contributed by atoms with Gasteiger partial charge in [0, 0.05) is 38.6 Å². The third kappa shape index (κ3) is 2.99. The van der Waals surface area contributed by atoms with Crippen molar-refractivity contribution in [1.82, 2.24) is 9.80 Å². The van der Waals surface area contributed by atoms with Crippen LogP contribution in [0, 0.1) is 5.92 Å². The summed E-state index contributed by atoms with van der Waals surface area (Å²) in [5, 5.41) is 0. The van der Waals surface area contributed by atoms with E-state index >= 15 is 0 Å². The fourth-order valence-electron chi connectivity index (χ4n) is 1.53. The Labute approximate surface area is 83.8 Å². The summed E-state index contributed by atoms with van der Waals surface area (Å²) >= 11 is 0. The lowest BCUT2D eigenvalue weighted by Gasteiger charge is -2.33. The lowest BCUT2D eigenvalue weighted by atomic mass is 10.1. The molecule has 80 valence electrons. The van der Waals surface area contributed by atoms with Crippen LogP contribution in [0.4, 0.5) is 0 Å². The molecule has 0 aromatic carbocycles. The molecule has 1 atom stereocenters. The van der Waals surface area contributed by atoms with Crippen molar-refractivity contribution in [2.75, 3.05) is 32.7 Å². The number of rotatable bonds is 4. The van der Waals surface area contributed by atoms with Gasteiger partial charge in [-0.2, -0.15) is 0 Å². The van der Waals surface area contributed by atoms with Gasteiger partial charge in [0.15, 0.2) is 0 Å². The predicted molar refractivity (Wildman–Crippen MR) is 52.4 cm³/mol. The molecule has 1 rings (SSSR count). The Balaban J connectivity index is 2.28. The molecule has 0 aromatic rings. The van der Waals surface area contributed by atoms with Crippen LogP contribution in [0.1, 0.15) is 6.92 Å². The topological polar surface area (TPSA) is 66.6 Å². The van der Waals surface area contributed by atoms with Crippen LogP contribution < -0.4 is 5.73 Å². The second-order valence-corrected chi connectivity index (χ2v) is 3.75. The molecule has 1 heterocycles. The summed E-state index contributed by atoms with van der Waals surface area (Å²) in [6.07, 6.45) is 0.870. The summed E-state index contributed by atoms with van der Waals surface area (Å²) < 4.78 is 0. The van der Waals surface area contributed by atoms with Crippen molar-refractivity contribution in [1.29, 1.82) is 0 Å². The number of primary amides is 1. The van der Waals surface area contributed by atoms with Crippen molar-refractivity contribution in [3.8, 4) is 0 Å². The van der Waals surface area contributed by atoms with Crippen molar-refractivity contribution in [2.45, 2.75) is 6.92 Å². The standard InChI is InChI=1S/C9H17N3O2/c1-8(9(10)14)6-11-2-4-12(7-13)5-3-11/h7-8H,2-6H2,1H3,(H2,10,14). The SMILES string of the molecule is CC(CN1CCN(C=O)CC1)C(N)=O. The smallest absolute Gasteiger partial charge is 0.221 e. The molecule has 0 spiro atoms. The van der Waals surface area contributed by atoms with Crippen molar-refractivity contribution in [3.63, 3.8) is 0 Å². The van der Waals surface area contributed by atoms with Crippen LogP contribution in [0.5, 0.6) is 0 Å². The molecule has 0 aliphatic carbocycles. The van der Waals surface area contributed by atoms with Crippen LogP contribution >= 0.6 is 0 Å². The average Bonchev–Trinajstić information content (AvgIpc) is 2.19. The van der Waals surface area contributed by atoms with Gasteiger partial charge in [0.2, 0.25) is 12.3 Å². The Morgan fingerprint density at radius 2 is 2.00 bits per heavy atom. The summed E-state index contributed by atoms with van der Waals surface area (Å²) in [5.74, 6) is -0.374. The van der Waals surface area contributed by atoms with E-state index in [0.717, 1.165) is 32.6 Å². The molecule has 0 saturated carbocycles. The Morgan fingerprint density at radius 1 is 1.43 bits per heavy atom. The largest absolute Gasteiger partial charge is 0.369 e. The molecule has 0 bridgehead atoms. The van der Waals surface area contributed by atoms with Gasteiger partial charge in [0.1, 0.15) is 0 Å². The van der Waals surface area contributed by atoms with E-state index in [1.165, 1.54) is 0 Å². The van der Waals surface area contributed by atoms with Gasteiger partial charge in [-0.15, -0.1) is 0 Å². The zero-order valence-electron chi connectivity index (χ0n) is 8.48. The molecule has 1 fully saturated rings. The Bertz CT molecular complexity index is 212. The second-order valence-electron chi connectivity index (χ2n) is 3.75. The minimum absolute atomic E-state index is 0.113. The minimum Gasteiger partial charge on any atom is -0.369 e. The molecular formula is C9H17N3O2. The molecule has 5 heteroatoms. The Morgan fingerprint density at radius 3 is 2.43 bits per heavy atom. The molecular weight excluding hydrogens is 182 g/mol. The van der Waals surface area contributed by atoms with E-state index in [4.69, 9.17) is 5.73 Å². The maximum Gasteiger partial charge on any atom is 0.221 e. The van der Waals surface area contributed by atoms with Crippen molar-refractivity contribution in [3.05, 3.63) is 0 Å². The zero-order valence-corrected chi connectivity index (χ0v) is 8.48. The molecule has 1 aliphatic heterocycles. The van der Waals surface area contributed by atoms with E-state index in [2.05, 4.69) is 4.90 Å². The number of hydrogen-bond donors (Lipinski definition) is 1. The van der Waals surface area contributed by atoms with Gasteiger partial charge >= 0.3 is 0 Å². The van der Waals surface area contributed by atoms with E-state index in [0.29, 0.717) is 6.54 Å². The monoisotopic (exact) mass is 199 g/mol. The number of piperazine rings is 1. The van der Waals surface area contributed by atoms with Crippen LogP contribution in [0.2, 0.25) is 0 Å². The van der Waals surface area contributed by atoms with E-state index in [1.807, 2.05) is 6.92 Å². The van der Waals surface area contributed by atoms with E-state index < -0.39 is 0 Å². The van der Waals surface area contributed by atoms with Crippen LogP contribution in [-0.2, 0) is 9.59 Å². The Hall–Kier alpha value is -1.10. The van der Waals surface area contributed by atoms with E-state index in [9.17, 15) is 9.59 Å². The quantitative estimate of drug-likeness (QED) is 0.583. The van der Waals surface area contributed by atoms with Crippen molar-refractivity contribution < 1.29 is 9.59 Å². The van der Waals surface area contributed by atoms with E-state index in [-0.39, 0.29) is 11.8 Å². The molecule has 1 unspecified atom stereocenters. The van der Waals surface area contributed by atoms with Gasteiger partial charge in [-0.3, -0.25) is 14.5 Å². The van der Waals surface area contributed by atoms with Gasteiger partial charge in [-0.1, -0.05) is 6.92 Å². The highest BCUT2D eigenvalue weighted by Gasteiger charge is 2.19. The zero-order chi connectivity index (χ0) is 10.6.